The summed E-state index contributed by atoms with van der Waals surface area (Å²) in [6.45, 7) is 0. The third kappa shape index (κ3) is 3.33. The van der Waals surface area contributed by atoms with E-state index >= 15 is 0 Å². The third-order valence-corrected chi connectivity index (χ3v) is 4.94. The monoisotopic (exact) mass is 400 g/mol. The van der Waals surface area contributed by atoms with Crippen molar-refractivity contribution in [1.29, 1.82) is 0 Å². The summed E-state index contributed by atoms with van der Waals surface area (Å²) in [5.74, 6) is -1.82. The fourth-order valence-electron chi connectivity index (χ4n) is 3.46. The molecule has 7 nitrogen and oxygen atoms in total. The molecule has 0 aromatic heterocycles. The summed E-state index contributed by atoms with van der Waals surface area (Å²) in [7, 11) is 0. The number of nitrogens with zero attached hydrogens (tertiary/aromatic N) is 1. The van der Waals surface area contributed by atoms with Gasteiger partial charge >= 0.3 is 0 Å². The summed E-state index contributed by atoms with van der Waals surface area (Å²) >= 11 is 0. The number of fused-ring (bicyclic) bond motifs is 1. The molecule has 0 saturated heterocycles. The molecule has 0 aliphatic heterocycles. The first-order chi connectivity index (χ1) is 14.5. The summed E-state index contributed by atoms with van der Waals surface area (Å²) in [5, 5.41) is 25.1. The van der Waals surface area contributed by atoms with Gasteiger partial charge in [0.25, 0.3) is 5.69 Å². The fraction of sp³-hybridized carbons (Fsp3) is 0.0435. The molecule has 0 bridgehead atoms. The van der Waals surface area contributed by atoms with Crippen LogP contribution in [0.2, 0.25) is 0 Å². The van der Waals surface area contributed by atoms with Crippen molar-refractivity contribution >= 4 is 28.7 Å². The molecule has 2 N–H and O–H groups in total. The summed E-state index contributed by atoms with van der Waals surface area (Å²) in [6, 6.07) is 20.1. The fourth-order valence-corrected chi connectivity index (χ4v) is 3.46. The number of anilines is 1. The second-order valence-electron chi connectivity index (χ2n) is 6.76. The van der Waals surface area contributed by atoms with Crippen molar-refractivity contribution in [2.75, 3.05) is 5.32 Å². The normalized spacial score (nSPS) is 14.3. The van der Waals surface area contributed by atoms with E-state index in [1.807, 2.05) is 6.07 Å². The van der Waals surface area contributed by atoms with Gasteiger partial charge in [0, 0.05) is 28.9 Å². The Morgan fingerprint density at radius 2 is 1.40 bits per heavy atom. The van der Waals surface area contributed by atoms with Gasteiger partial charge in [0.2, 0.25) is 11.6 Å². The lowest BCUT2D eigenvalue weighted by molar-refractivity contribution is -0.384. The number of ketones is 2. The van der Waals surface area contributed by atoms with Gasteiger partial charge in [-0.1, -0.05) is 42.5 Å². The van der Waals surface area contributed by atoms with Crippen LogP contribution in [0.25, 0.3) is 5.76 Å². The smallest absolute Gasteiger partial charge is 0.269 e. The number of nitro benzene ring substituents is 1. The van der Waals surface area contributed by atoms with Crippen molar-refractivity contribution in [2.24, 2.45) is 0 Å². The highest BCUT2D eigenvalue weighted by Gasteiger charge is 2.37. The van der Waals surface area contributed by atoms with Crippen molar-refractivity contribution in [3.63, 3.8) is 0 Å². The minimum atomic E-state index is -0.891. The molecular formula is C23H16N2O5. The standard InChI is InChI=1S/C23H16N2O5/c26-21-17-8-4-5-9-18(17)22(27)23(28)19(21)20(24-15-6-2-1-3-7-15)14-10-12-16(13-11-14)25(29)30/h1-13,20,24,26H. The number of hydrogen-bond acceptors (Lipinski definition) is 6. The topological polar surface area (TPSA) is 110 Å². The van der Waals surface area contributed by atoms with E-state index in [0.717, 1.165) is 0 Å². The van der Waals surface area contributed by atoms with Gasteiger partial charge in [-0.15, -0.1) is 0 Å². The Bertz CT molecular complexity index is 1180. The van der Waals surface area contributed by atoms with Crippen molar-refractivity contribution in [3.05, 3.63) is 111 Å². The zero-order valence-electron chi connectivity index (χ0n) is 15.6. The number of nitro groups is 1. The van der Waals surface area contributed by atoms with Crippen LogP contribution in [0.3, 0.4) is 0 Å². The minimum Gasteiger partial charge on any atom is -0.507 e. The minimum absolute atomic E-state index is 0.101. The summed E-state index contributed by atoms with van der Waals surface area (Å²) in [6.07, 6.45) is 0. The molecule has 0 radical (unpaired) electrons. The molecule has 3 aromatic rings. The van der Waals surface area contributed by atoms with Crippen molar-refractivity contribution in [2.45, 2.75) is 6.04 Å². The first-order valence-corrected chi connectivity index (χ1v) is 9.15. The lowest BCUT2D eigenvalue weighted by Gasteiger charge is -2.26. The van der Waals surface area contributed by atoms with E-state index in [-0.39, 0.29) is 28.1 Å². The molecule has 3 aromatic carbocycles. The van der Waals surface area contributed by atoms with Gasteiger partial charge in [-0.3, -0.25) is 19.7 Å². The van der Waals surface area contributed by atoms with Gasteiger partial charge < -0.3 is 10.4 Å². The predicted octanol–water partition coefficient (Wildman–Crippen LogP) is 4.48. The highest BCUT2D eigenvalue weighted by atomic mass is 16.6. The van der Waals surface area contributed by atoms with Crippen molar-refractivity contribution in [3.8, 4) is 0 Å². The largest absolute Gasteiger partial charge is 0.507 e. The zero-order chi connectivity index (χ0) is 21.3. The number of carbonyl (C=O) groups is 2. The highest BCUT2D eigenvalue weighted by molar-refractivity contribution is 6.52. The number of hydrogen-bond donors (Lipinski definition) is 2. The summed E-state index contributed by atoms with van der Waals surface area (Å²) in [4.78, 5) is 36.1. The second-order valence-corrected chi connectivity index (χ2v) is 6.76. The van der Waals surface area contributed by atoms with Crippen LogP contribution in [0.5, 0.6) is 0 Å². The maximum atomic E-state index is 13.0. The average Bonchev–Trinajstić information content (AvgIpc) is 2.78. The quantitative estimate of drug-likeness (QED) is 0.371. The van der Waals surface area contributed by atoms with Crippen molar-refractivity contribution < 1.29 is 19.6 Å². The van der Waals surface area contributed by atoms with Crippen LogP contribution in [0.15, 0.2) is 84.4 Å². The number of rotatable bonds is 5. The van der Waals surface area contributed by atoms with E-state index in [2.05, 4.69) is 5.32 Å². The summed E-state index contributed by atoms with van der Waals surface area (Å²) < 4.78 is 0. The molecule has 1 unspecified atom stereocenters. The second kappa shape index (κ2) is 7.63. The summed E-state index contributed by atoms with van der Waals surface area (Å²) in [5.41, 5.74) is 1.36. The molecule has 1 aliphatic carbocycles. The Morgan fingerprint density at radius 3 is 2.03 bits per heavy atom. The molecule has 4 rings (SSSR count). The number of benzene rings is 3. The maximum absolute atomic E-state index is 13.0. The van der Waals surface area contributed by atoms with E-state index < -0.39 is 22.5 Å². The van der Waals surface area contributed by atoms with Crippen LogP contribution in [0.4, 0.5) is 11.4 Å². The van der Waals surface area contributed by atoms with Crippen LogP contribution in [0, 0.1) is 10.1 Å². The molecule has 30 heavy (non-hydrogen) atoms. The molecular weight excluding hydrogens is 384 g/mol. The molecule has 0 saturated carbocycles. The van der Waals surface area contributed by atoms with Crippen LogP contribution in [0.1, 0.15) is 27.5 Å². The molecule has 148 valence electrons. The molecule has 0 heterocycles. The Hall–Kier alpha value is -4.26. The molecule has 0 amide bonds. The number of para-hydroxylation sites is 1. The molecule has 1 atom stereocenters. The van der Waals surface area contributed by atoms with E-state index in [1.165, 1.54) is 30.3 Å². The number of carbonyl (C=O) groups excluding carboxylic acids is 2. The van der Waals surface area contributed by atoms with E-state index in [0.29, 0.717) is 11.3 Å². The van der Waals surface area contributed by atoms with Crippen LogP contribution >= 0.6 is 0 Å². The van der Waals surface area contributed by atoms with E-state index in [1.54, 1.807) is 42.5 Å². The average molecular weight is 400 g/mol. The molecule has 0 spiro atoms. The van der Waals surface area contributed by atoms with Crippen LogP contribution in [-0.4, -0.2) is 21.6 Å². The zero-order valence-corrected chi connectivity index (χ0v) is 15.6. The Morgan fingerprint density at radius 1 is 0.800 bits per heavy atom. The van der Waals surface area contributed by atoms with Gasteiger partial charge in [-0.25, -0.2) is 0 Å². The van der Waals surface area contributed by atoms with Crippen molar-refractivity contribution in [1.82, 2.24) is 0 Å². The van der Waals surface area contributed by atoms with Gasteiger partial charge in [-0.2, -0.15) is 0 Å². The number of non-ortho nitro benzene ring substituents is 1. The Balaban J connectivity index is 1.88. The van der Waals surface area contributed by atoms with Gasteiger partial charge in [0.15, 0.2) is 0 Å². The third-order valence-electron chi connectivity index (χ3n) is 4.94. The van der Waals surface area contributed by atoms with Gasteiger partial charge in [-0.05, 0) is 29.8 Å². The lowest BCUT2D eigenvalue weighted by atomic mass is 9.83. The number of aliphatic hydroxyl groups is 1. The molecule has 1 aliphatic rings. The Kier molecular flexibility index (Phi) is 4.85. The Labute approximate surface area is 171 Å². The molecule has 7 heteroatoms. The predicted molar refractivity (Wildman–Crippen MR) is 111 cm³/mol. The van der Waals surface area contributed by atoms with E-state index in [9.17, 15) is 24.8 Å². The SMILES string of the molecule is O=C1C(=O)c2ccccc2C(O)=C1C(Nc1ccccc1)c1ccc([N+](=O)[O-])cc1. The highest BCUT2D eigenvalue weighted by Crippen LogP contribution is 2.37. The van der Waals surface area contributed by atoms with Gasteiger partial charge in [0.05, 0.1) is 16.5 Å². The maximum Gasteiger partial charge on any atom is 0.269 e. The first kappa shape index (κ1) is 19.1. The number of Topliss-reactive ketones (excluding diaryl/α,β-unsaturated/α-hetero) is 2. The van der Waals surface area contributed by atoms with Gasteiger partial charge in [0.1, 0.15) is 5.76 Å². The lowest BCUT2D eigenvalue weighted by Crippen LogP contribution is -2.30. The van der Waals surface area contributed by atoms with Crippen LogP contribution < -0.4 is 5.32 Å². The number of nitrogens with one attached hydrogen (secondary N) is 1. The number of aliphatic hydroxyl groups excluding tert-OH is 1. The van der Waals surface area contributed by atoms with E-state index in [4.69, 9.17) is 0 Å². The van der Waals surface area contributed by atoms with Crippen LogP contribution in [-0.2, 0) is 4.79 Å². The first-order valence-electron chi connectivity index (χ1n) is 9.15. The molecule has 0 fully saturated rings.